The molecule has 0 saturated carbocycles. The van der Waals surface area contributed by atoms with Crippen LogP contribution < -0.4 is 5.73 Å². The van der Waals surface area contributed by atoms with E-state index >= 15 is 0 Å². The third kappa shape index (κ3) is 9.84. The lowest BCUT2D eigenvalue weighted by molar-refractivity contribution is -0.0841. The largest absolute Gasteiger partial charge is 0.309 e. The van der Waals surface area contributed by atoms with Gasteiger partial charge in [-0.2, -0.15) is 0 Å². The zero-order chi connectivity index (χ0) is 18.8. The van der Waals surface area contributed by atoms with E-state index in [-0.39, 0.29) is 6.29 Å². The smallest absolute Gasteiger partial charge is 0.116 e. The van der Waals surface area contributed by atoms with Gasteiger partial charge in [0.05, 0.1) is 13.3 Å². The van der Waals surface area contributed by atoms with Crippen LogP contribution in [0.25, 0.3) is 0 Å². The molecule has 1 rings (SSSR count). The first-order valence-electron chi connectivity index (χ1n) is 9.70. The third-order valence-corrected chi connectivity index (χ3v) is 4.69. The average molecular weight is 358 g/mol. The van der Waals surface area contributed by atoms with Crippen LogP contribution in [0.5, 0.6) is 0 Å². The summed E-state index contributed by atoms with van der Waals surface area (Å²) >= 11 is 0. The van der Waals surface area contributed by atoms with Crippen molar-refractivity contribution in [3.8, 4) is 0 Å². The number of hydrogen-bond acceptors (Lipinski definition) is 7. The Kier molecular flexibility index (Phi) is 11.1. The second-order valence-electron chi connectivity index (χ2n) is 8.19. The molecule has 0 spiro atoms. The van der Waals surface area contributed by atoms with Gasteiger partial charge in [-0.3, -0.25) is 14.7 Å². The normalized spacial score (nSPS) is 19.0. The zero-order valence-corrected chi connectivity index (χ0v) is 17.6. The summed E-state index contributed by atoms with van der Waals surface area (Å²) in [6.07, 6.45) is 3.59. The van der Waals surface area contributed by atoms with Gasteiger partial charge in [0.15, 0.2) is 0 Å². The van der Waals surface area contributed by atoms with E-state index in [1.54, 1.807) is 0 Å². The van der Waals surface area contributed by atoms with Crippen molar-refractivity contribution in [1.29, 1.82) is 0 Å². The zero-order valence-electron chi connectivity index (χ0n) is 17.6. The lowest BCUT2D eigenvalue weighted by atomic mass is 10.3. The van der Waals surface area contributed by atoms with Crippen molar-refractivity contribution in [2.24, 2.45) is 5.73 Å². The molecule has 2 N–H and O–H groups in total. The highest BCUT2D eigenvalue weighted by atomic mass is 15.5. The minimum atomic E-state index is 0.0504. The molecule has 0 aliphatic carbocycles. The SMILES string of the molecule is CN(C)CCCN1CN(CCCN(C)C)C(N)N(CCCN(C)C)C1. The Balaban J connectivity index is 2.54. The summed E-state index contributed by atoms with van der Waals surface area (Å²) in [6, 6.07) is 0. The van der Waals surface area contributed by atoms with Gasteiger partial charge in [0.2, 0.25) is 0 Å². The van der Waals surface area contributed by atoms with Gasteiger partial charge >= 0.3 is 0 Å². The fraction of sp³-hybridized carbons (Fsp3) is 1.00. The van der Waals surface area contributed by atoms with Crippen LogP contribution in [0.1, 0.15) is 19.3 Å². The summed E-state index contributed by atoms with van der Waals surface area (Å²) < 4.78 is 0. The molecule has 0 atom stereocenters. The predicted octanol–water partition coefficient (Wildman–Crippen LogP) is -0.0816. The summed E-state index contributed by atoms with van der Waals surface area (Å²) in [5.74, 6) is 0. The lowest BCUT2D eigenvalue weighted by Crippen LogP contribution is -2.65. The number of hydrogen-bond donors (Lipinski definition) is 1. The minimum absolute atomic E-state index is 0.0504. The summed E-state index contributed by atoms with van der Waals surface area (Å²) in [7, 11) is 12.8. The van der Waals surface area contributed by atoms with E-state index in [0.717, 1.165) is 65.4 Å². The molecule has 150 valence electrons. The van der Waals surface area contributed by atoms with Crippen molar-refractivity contribution in [3.05, 3.63) is 0 Å². The highest BCUT2D eigenvalue weighted by molar-refractivity contribution is 4.76. The Bertz CT molecular complexity index is 311. The molecule has 7 nitrogen and oxygen atoms in total. The molecule has 1 aliphatic heterocycles. The van der Waals surface area contributed by atoms with Gasteiger partial charge in [0, 0.05) is 19.6 Å². The molecule has 0 aromatic rings. The van der Waals surface area contributed by atoms with E-state index in [9.17, 15) is 0 Å². The van der Waals surface area contributed by atoms with E-state index in [1.165, 1.54) is 6.42 Å². The van der Waals surface area contributed by atoms with Crippen LogP contribution >= 0.6 is 0 Å². The van der Waals surface area contributed by atoms with Gasteiger partial charge in [0.25, 0.3) is 0 Å². The van der Waals surface area contributed by atoms with Crippen molar-refractivity contribution in [1.82, 2.24) is 29.4 Å². The maximum Gasteiger partial charge on any atom is 0.116 e. The maximum atomic E-state index is 6.59. The Hall–Kier alpha value is -0.280. The molecule has 1 heterocycles. The molecule has 0 bridgehead atoms. The van der Waals surface area contributed by atoms with Crippen molar-refractivity contribution >= 4 is 0 Å². The van der Waals surface area contributed by atoms with E-state index < -0.39 is 0 Å². The summed E-state index contributed by atoms with van der Waals surface area (Å²) in [6.45, 7) is 8.62. The maximum absolute atomic E-state index is 6.59. The molecule has 1 saturated heterocycles. The van der Waals surface area contributed by atoms with E-state index in [0.29, 0.717) is 0 Å². The molecule has 0 aromatic heterocycles. The molecule has 0 unspecified atom stereocenters. The molecule has 0 radical (unpaired) electrons. The van der Waals surface area contributed by atoms with Gasteiger partial charge in [-0.05, 0) is 81.2 Å². The summed E-state index contributed by atoms with van der Waals surface area (Å²) in [5.41, 5.74) is 6.59. The highest BCUT2D eigenvalue weighted by Gasteiger charge is 2.29. The Morgan fingerprint density at radius 2 is 1.04 bits per heavy atom. The molecular weight excluding hydrogens is 314 g/mol. The molecule has 25 heavy (non-hydrogen) atoms. The van der Waals surface area contributed by atoms with Crippen LogP contribution in [0.15, 0.2) is 0 Å². The molecule has 1 fully saturated rings. The lowest BCUT2D eigenvalue weighted by Gasteiger charge is -2.47. The Morgan fingerprint density at radius 3 is 1.40 bits per heavy atom. The third-order valence-electron chi connectivity index (χ3n) is 4.69. The van der Waals surface area contributed by atoms with Gasteiger partial charge < -0.3 is 20.4 Å². The summed E-state index contributed by atoms with van der Waals surface area (Å²) in [5, 5.41) is 0. The number of nitrogens with two attached hydrogens (primary N) is 1. The predicted molar refractivity (Wildman–Crippen MR) is 107 cm³/mol. The summed E-state index contributed by atoms with van der Waals surface area (Å²) in [4.78, 5) is 14.2. The first kappa shape index (κ1) is 22.8. The highest BCUT2D eigenvalue weighted by Crippen LogP contribution is 2.13. The van der Waals surface area contributed by atoms with Crippen LogP contribution in [0.3, 0.4) is 0 Å². The fourth-order valence-corrected chi connectivity index (χ4v) is 3.29. The number of rotatable bonds is 12. The van der Waals surface area contributed by atoms with Crippen molar-refractivity contribution in [3.63, 3.8) is 0 Å². The molecule has 7 heteroatoms. The first-order valence-corrected chi connectivity index (χ1v) is 9.70. The Morgan fingerprint density at radius 1 is 0.680 bits per heavy atom. The van der Waals surface area contributed by atoms with Gasteiger partial charge in [-0.15, -0.1) is 0 Å². The quantitative estimate of drug-likeness (QED) is 0.524. The number of nitrogens with zero attached hydrogens (tertiary/aromatic N) is 6. The second-order valence-corrected chi connectivity index (χ2v) is 8.19. The van der Waals surface area contributed by atoms with E-state index in [4.69, 9.17) is 5.73 Å². The van der Waals surface area contributed by atoms with Crippen LogP contribution in [-0.4, -0.2) is 131 Å². The van der Waals surface area contributed by atoms with Crippen LogP contribution in [0.4, 0.5) is 0 Å². The molecule has 0 amide bonds. The van der Waals surface area contributed by atoms with Gasteiger partial charge in [-0.1, -0.05) is 0 Å². The van der Waals surface area contributed by atoms with Gasteiger partial charge in [0.1, 0.15) is 6.29 Å². The Labute approximate surface area is 156 Å². The monoisotopic (exact) mass is 357 g/mol. The standard InChI is InChI=1S/C18H43N7/c1-20(2)10-7-13-23-16-24(14-8-11-21(3)4)18(19)25(17-23)15-9-12-22(5)6/h18H,7-17,19H2,1-6H3. The fourth-order valence-electron chi connectivity index (χ4n) is 3.29. The van der Waals surface area contributed by atoms with Crippen LogP contribution in [-0.2, 0) is 0 Å². The van der Waals surface area contributed by atoms with Crippen molar-refractivity contribution in [2.45, 2.75) is 25.6 Å². The average Bonchev–Trinajstić information content (AvgIpc) is 2.50. The minimum Gasteiger partial charge on any atom is -0.309 e. The molecule has 0 aromatic carbocycles. The molecule has 1 aliphatic rings. The van der Waals surface area contributed by atoms with Crippen molar-refractivity contribution < 1.29 is 0 Å². The van der Waals surface area contributed by atoms with Gasteiger partial charge in [-0.25, -0.2) is 0 Å². The second kappa shape index (κ2) is 12.2. The molecular formula is C18H43N7. The topological polar surface area (TPSA) is 45.5 Å². The van der Waals surface area contributed by atoms with Crippen LogP contribution in [0, 0.1) is 0 Å². The van der Waals surface area contributed by atoms with E-state index in [2.05, 4.69) is 71.7 Å². The van der Waals surface area contributed by atoms with Crippen LogP contribution in [0.2, 0.25) is 0 Å². The first-order chi connectivity index (χ1) is 11.8. The van der Waals surface area contributed by atoms with Crippen molar-refractivity contribution in [2.75, 3.05) is 94.9 Å². The van der Waals surface area contributed by atoms with E-state index in [1.807, 2.05) is 0 Å².